The Morgan fingerprint density at radius 3 is 2.41 bits per heavy atom. The number of rotatable bonds is 4. The first-order chi connectivity index (χ1) is 8.16. The minimum absolute atomic E-state index is 0.0165. The van der Waals surface area contributed by atoms with Gasteiger partial charge in [-0.1, -0.05) is 24.3 Å². The second-order valence-electron chi connectivity index (χ2n) is 4.57. The third-order valence-corrected chi connectivity index (χ3v) is 3.36. The van der Waals surface area contributed by atoms with Gasteiger partial charge in [-0.3, -0.25) is 4.79 Å². The number of aliphatic carboxylic acids is 1. The maximum atomic E-state index is 11.3. The number of nitrogens with one attached hydrogen (secondary N) is 1. The first-order valence-corrected chi connectivity index (χ1v) is 5.83. The molecule has 0 bridgehead atoms. The molecule has 0 radical (unpaired) electrons. The molecule has 1 aromatic rings. The van der Waals surface area contributed by atoms with Gasteiger partial charge < -0.3 is 15.5 Å². The van der Waals surface area contributed by atoms with Gasteiger partial charge in [-0.15, -0.1) is 0 Å². The SMILES string of the molecule is O=C(O)C1(Cc2ccc(CO)cc2)CCCN1. The van der Waals surface area contributed by atoms with Crippen LogP contribution in [0.25, 0.3) is 0 Å². The van der Waals surface area contributed by atoms with Crippen LogP contribution in [0.15, 0.2) is 24.3 Å². The van der Waals surface area contributed by atoms with Gasteiger partial charge in [-0.05, 0) is 30.5 Å². The third kappa shape index (κ3) is 2.48. The van der Waals surface area contributed by atoms with Crippen LogP contribution in [0.1, 0.15) is 24.0 Å². The molecular formula is C13H17NO3. The lowest BCUT2D eigenvalue weighted by atomic mass is 9.89. The molecule has 1 aliphatic rings. The predicted molar refractivity (Wildman–Crippen MR) is 63.7 cm³/mol. The summed E-state index contributed by atoms with van der Waals surface area (Å²) in [6, 6.07) is 7.44. The van der Waals surface area contributed by atoms with Gasteiger partial charge >= 0.3 is 5.97 Å². The fraction of sp³-hybridized carbons (Fsp3) is 0.462. The van der Waals surface area contributed by atoms with Crippen LogP contribution in [-0.2, 0) is 17.8 Å². The van der Waals surface area contributed by atoms with E-state index in [1.807, 2.05) is 24.3 Å². The Labute approximate surface area is 100 Å². The van der Waals surface area contributed by atoms with E-state index in [1.54, 1.807) is 0 Å². The molecule has 2 rings (SSSR count). The van der Waals surface area contributed by atoms with Crippen molar-refractivity contribution in [2.75, 3.05) is 6.54 Å². The highest BCUT2D eigenvalue weighted by Gasteiger charge is 2.40. The van der Waals surface area contributed by atoms with Crippen molar-refractivity contribution < 1.29 is 15.0 Å². The molecule has 4 nitrogen and oxygen atoms in total. The maximum absolute atomic E-state index is 11.3. The number of carbonyl (C=O) groups is 1. The second-order valence-corrected chi connectivity index (χ2v) is 4.57. The van der Waals surface area contributed by atoms with Gasteiger partial charge in [0.15, 0.2) is 0 Å². The molecule has 4 heteroatoms. The average molecular weight is 235 g/mol. The number of hydrogen-bond acceptors (Lipinski definition) is 3. The van der Waals surface area contributed by atoms with Crippen LogP contribution < -0.4 is 5.32 Å². The van der Waals surface area contributed by atoms with E-state index < -0.39 is 11.5 Å². The fourth-order valence-electron chi connectivity index (χ4n) is 2.33. The lowest BCUT2D eigenvalue weighted by molar-refractivity contribution is -0.144. The molecule has 0 spiro atoms. The Balaban J connectivity index is 2.15. The monoisotopic (exact) mass is 235 g/mol. The minimum Gasteiger partial charge on any atom is -0.480 e. The maximum Gasteiger partial charge on any atom is 0.324 e. The zero-order valence-electron chi connectivity index (χ0n) is 9.65. The normalized spacial score (nSPS) is 23.8. The van der Waals surface area contributed by atoms with E-state index in [1.165, 1.54) is 0 Å². The first-order valence-electron chi connectivity index (χ1n) is 5.83. The Morgan fingerprint density at radius 1 is 1.29 bits per heavy atom. The van der Waals surface area contributed by atoms with E-state index in [4.69, 9.17) is 5.11 Å². The zero-order chi connectivity index (χ0) is 12.3. The van der Waals surface area contributed by atoms with Crippen LogP contribution in [0.2, 0.25) is 0 Å². The van der Waals surface area contributed by atoms with E-state index in [9.17, 15) is 9.90 Å². The molecule has 0 aromatic heterocycles. The van der Waals surface area contributed by atoms with Crippen molar-refractivity contribution in [3.8, 4) is 0 Å². The number of aliphatic hydroxyl groups excluding tert-OH is 1. The van der Waals surface area contributed by atoms with Gasteiger partial charge in [0.05, 0.1) is 6.61 Å². The van der Waals surface area contributed by atoms with E-state index in [0.717, 1.165) is 24.1 Å². The summed E-state index contributed by atoms with van der Waals surface area (Å²) in [5.41, 5.74) is 1.03. The Bertz CT molecular complexity index is 394. The smallest absolute Gasteiger partial charge is 0.324 e. The lowest BCUT2D eigenvalue weighted by Gasteiger charge is -2.24. The predicted octanol–water partition coefficient (Wildman–Crippen LogP) is 0.928. The average Bonchev–Trinajstić information content (AvgIpc) is 2.80. The standard InChI is InChI=1S/C13H17NO3/c15-9-11-4-2-10(3-5-11)8-13(12(16)17)6-1-7-14-13/h2-5,14-15H,1,6-9H2,(H,16,17). The van der Waals surface area contributed by atoms with Crippen molar-refractivity contribution >= 4 is 5.97 Å². The summed E-state index contributed by atoms with van der Waals surface area (Å²) in [7, 11) is 0. The summed E-state index contributed by atoms with van der Waals surface area (Å²) < 4.78 is 0. The summed E-state index contributed by atoms with van der Waals surface area (Å²) in [5, 5.41) is 21.4. The zero-order valence-corrected chi connectivity index (χ0v) is 9.65. The van der Waals surface area contributed by atoms with E-state index >= 15 is 0 Å². The molecule has 92 valence electrons. The topological polar surface area (TPSA) is 69.6 Å². The molecule has 0 saturated carbocycles. The molecule has 0 amide bonds. The van der Waals surface area contributed by atoms with Crippen molar-refractivity contribution in [1.82, 2.24) is 5.32 Å². The van der Waals surface area contributed by atoms with Crippen LogP contribution in [0.4, 0.5) is 0 Å². The molecule has 1 fully saturated rings. The summed E-state index contributed by atoms with van der Waals surface area (Å²) in [4.78, 5) is 11.3. The molecule has 1 atom stereocenters. The van der Waals surface area contributed by atoms with Gasteiger partial charge in [0.1, 0.15) is 5.54 Å². The summed E-state index contributed by atoms with van der Waals surface area (Å²) >= 11 is 0. The van der Waals surface area contributed by atoms with Crippen LogP contribution in [0.3, 0.4) is 0 Å². The van der Waals surface area contributed by atoms with Gasteiger partial charge in [0, 0.05) is 6.42 Å². The van der Waals surface area contributed by atoms with Gasteiger partial charge in [0.2, 0.25) is 0 Å². The van der Waals surface area contributed by atoms with E-state index in [0.29, 0.717) is 12.8 Å². The molecule has 1 saturated heterocycles. The molecule has 1 aromatic carbocycles. The number of benzene rings is 1. The Morgan fingerprint density at radius 2 is 1.94 bits per heavy atom. The van der Waals surface area contributed by atoms with E-state index in [-0.39, 0.29) is 6.61 Å². The Kier molecular flexibility index (Phi) is 3.45. The Hall–Kier alpha value is -1.39. The van der Waals surface area contributed by atoms with Crippen LogP contribution in [0.5, 0.6) is 0 Å². The second kappa shape index (κ2) is 4.85. The number of carboxylic acid groups (broad SMARTS) is 1. The van der Waals surface area contributed by atoms with Crippen LogP contribution in [0, 0.1) is 0 Å². The summed E-state index contributed by atoms with van der Waals surface area (Å²) in [6.45, 7) is 0.781. The number of carboxylic acids is 1. The quantitative estimate of drug-likeness (QED) is 0.726. The molecule has 17 heavy (non-hydrogen) atoms. The van der Waals surface area contributed by atoms with Gasteiger partial charge in [-0.25, -0.2) is 0 Å². The molecule has 1 unspecified atom stereocenters. The van der Waals surface area contributed by atoms with Crippen LogP contribution in [-0.4, -0.2) is 28.3 Å². The molecular weight excluding hydrogens is 218 g/mol. The highest BCUT2D eigenvalue weighted by molar-refractivity contribution is 5.79. The van der Waals surface area contributed by atoms with E-state index in [2.05, 4.69) is 5.32 Å². The fourth-order valence-corrected chi connectivity index (χ4v) is 2.33. The molecule has 3 N–H and O–H groups in total. The van der Waals surface area contributed by atoms with Crippen molar-refractivity contribution in [3.63, 3.8) is 0 Å². The van der Waals surface area contributed by atoms with Crippen molar-refractivity contribution in [3.05, 3.63) is 35.4 Å². The van der Waals surface area contributed by atoms with Crippen molar-refractivity contribution in [2.24, 2.45) is 0 Å². The lowest BCUT2D eigenvalue weighted by Crippen LogP contribution is -2.49. The third-order valence-electron chi connectivity index (χ3n) is 3.36. The molecule has 0 aliphatic carbocycles. The number of aliphatic hydroxyl groups is 1. The van der Waals surface area contributed by atoms with Gasteiger partial charge in [-0.2, -0.15) is 0 Å². The first kappa shape index (κ1) is 12.1. The summed E-state index contributed by atoms with van der Waals surface area (Å²) in [6.07, 6.45) is 2.07. The van der Waals surface area contributed by atoms with Crippen molar-refractivity contribution in [1.29, 1.82) is 0 Å². The van der Waals surface area contributed by atoms with Gasteiger partial charge in [0.25, 0.3) is 0 Å². The largest absolute Gasteiger partial charge is 0.480 e. The number of hydrogen-bond donors (Lipinski definition) is 3. The summed E-state index contributed by atoms with van der Waals surface area (Å²) in [5.74, 6) is -0.777. The van der Waals surface area contributed by atoms with Crippen LogP contribution >= 0.6 is 0 Å². The molecule has 1 heterocycles. The minimum atomic E-state index is -0.805. The van der Waals surface area contributed by atoms with Crippen molar-refractivity contribution in [2.45, 2.75) is 31.4 Å². The highest BCUT2D eigenvalue weighted by Crippen LogP contribution is 2.24. The molecule has 1 aliphatic heterocycles. The highest BCUT2D eigenvalue weighted by atomic mass is 16.4.